The first-order chi connectivity index (χ1) is 14.6. The zero-order chi connectivity index (χ0) is 21.5. The van der Waals surface area contributed by atoms with E-state index in [1.807, 2.05) is 32.0 Å². The highest BCUT2D eigenvalue weighted by Crippen LogP contribution is 2.28. The third-order valence-electron chi connectivity index (χ3n) is 4.73. The predicted molar refractivity (Wildman–Crippen MR) is 117 cm³/mol. The number of aryl methyl sites for hydroxylation is 1. The van der Waals surface area contributed by atoms with Crippen LogP contribution in [-0.4, -0.2) is 39.8 Å². The number of amides is 1. The van der Waals surface area contributed by atoms with Crippen molar-refractivity contribution in [2.45, 2.75) is 13.8 Å². The van der Waals surface area contributed by atoms with Gasteiger partial charge in [0.2, 0.25) is 0 Å². The quantitative estimate of drug-likeness (QED) is 0.529. The van der Waals surface area contributed by atoms with Crippen LogP contribution in [0.15, 0.2) is 42.5 Å². The van der Waals surface area contributed by atoms with Crippen LogP contribution < -0.4 is 29.8 Å². The molecule has 3 N–H and O–H groups in total. The number of ether oxygens (including phenoxy) is 3. The van der Waals surface area contributed by atoms with Crippen molar-refractivity contribution in [2.75, 3.05) is 39.2 Å². The molecule has 0 aliphatic heterocycles. The zero-order valence-corrected chi connectivity index (χ0v) is 17.8. The van der Waals surface area contributed by atoms with E-state index in [0.29, 0.717) is 36.8 Å². The van der Waals surface area contributed by atoms with Crippen molar-refractivity contribution >= 4 is 22.6 Å². The van der Waals surface area contributed by atoms with Gasteiger partial charge in [-0.2, -0.15) is 0 Å². The lowest BCUT2D eigenvalue weighted by Crippen LogP contribution is -2.30. The summed E-state index contributed by atoms with van der Waals surface area (Å²) in [7, 11) is 3.06. The average molecular weight is 410 g/mol. The molecule has 0 unspecified atom stereocenters. The Kier molecular flexibility index (Phi) is 6.95. The zero-order valence-electron chi connectivity index (χ0n) is 17.8. The van der Waals surface area contributed by atoms with Crippen LogP contribution in [0.5, 0.6) is 17.2 Å². The van der Waals surface area contributed by atoms with Gasteiger partial charge < -0.3 is 19.5 Å². The van der Waals surface area contributed by atoms with Crippen LogP contribution in [0.2, 0.25) is 0 Å². The van der Waals surface area contributed by atoms with E-state index in [0.717, 1.165) is 28.0 Å². The summed E-state index contributed by atoms with van der Waals surface area (Å²) in [6.07, 6.45) is 0. The van der Waals surface area contributed by atoms with E-state index in [-0.39, 0.29) is 5.91 Å². The third kappa shape index (κ3) is 4.74. The lowest BCUT2D eigenvalue weighted by molar-refractivity contribution is -0.327. The number of pyridine rings is 1. The molecule has 0 aliphatic carbocycles. The summed E-state index contributed by atoms with van der Waals surface area (Å²) < 4.78 is 16.2. The smallest absolute Gasteiger partial charge is 0.275 e. The molecule has 0 bridgehead atoms. The molecule has 158 valence electrons. The van der Waals surface area contributed by atoms with Gasteiger partial charge >= 0.3 is 0 Å². The van der Waals surface area contributed by atoms with Crippen LogP contribution in [0.3, 0.4) is 0 Å². The van der Waals surface area contributed by atoms with Gasteiger partial charge in [-0.05, 0) is 50.2 Å². The lowest BCUT2D eigenvalue weighted by Gasteiger charge is -2.12. The van der Waals surface area contributed by atoms with Crippen LogP contribution >= 0.6 is 0 Å². The number of aromatic amines is 1. The summed E-state index contributed by atoms with van der Waals surface area (Å²) in [5, 5.41) is 7.33. The molecule has 1 amide bonds. The molecule has 0 saturated carbocycles. The van der Waals surface area contributed by atoms with Crippen LogP contribution in [0, 0.1) is 6.92 Å². The van der Waals surface area contributed by atoms with E-state index in [9.17, 15) is 4.79 Å². The van der Waals surface area contributed by atoms with Crippen molar-refractivity contribution in [3.8, 4) is 17.2 Å². The van der Waals surface area contributed by atoms with E-state index < -0.39 is 0 Å². The summed E-state index contributed by atoms with van der Waals surface area (Å²) in [4.78, 5) is 16.0. The topological polar surface area (TPSA) is 83.0 Å². The Bertz CT molecular complexity index is 1010. The Morgan fingerprint density at radius 2 is 1.77 bits per heavy atom. The van der Waals surface area contributed by atoms with Crippen molar-refractivity contribution < 1.29 is 24.0 Å². The largest absolute Gasteiger partial charge is 0.496 e. The fraction of sp³-hybridized carbons (Fsp3) is 0.304. The molecule has 1 aromatic heterocycles. The third-order valence-corrected chi connectivity index (χ3v) is 4.73. The van der Waals surface area contributed by atoms with Gasteiger partial charge in [0, 0.05) is 10.9 Å². The first-order valence-corrected chi connectivity index (χ1v) is 9.90. The van der Waals surface area contributed by atoms with Gasteiger partial charge in [-0.25, -0.2) is 4.98 Å². The molecule has 7 heteroatoms. The normalized spacial score (nSPS) is 10.5. The highest BCUT2D eigenvalue weighted by Gasteiger charge is 2.18. The molecule has 0 spiro atoms. The highest BCUT2D eigenvalue weighted by molar-refractivity contribution is 5.99. The monoisotopic (exact) mass is 410 g/mol. The van der Waals surface area contributed by atoms with Crippen molar-refractivity contribution in [3.05, 3.63) is 53.6 Å². The number of hydrogen-bond donors (Lipinski definition) is 2. The number of carbonyl (C=O) groups excluding carboxylic acids is 1. The number of anilines is 1. The highest BCUT2D eigenvalue weighted by atomic mass is 16.5. The molecule has 7 nitrogen and oxygen atoms in total. The molecule has 0 saturated heterocycles. The van der Waals surface area contributed by atoms with E-state index in [1.165, 1.54) is 14.2 Å². The SMILES string of the molecule is CCOc1ccc2[nH+]c(NCCNC(=O)c3c(OC)cccc3OC)c(C)cc2c1. The number of carbonyl (C=O) groups is 1. The Hall–Kier alpha value is -3.48. The average Bonchev–Trinajstić information content (AvgIpc) is 2.76. The molecular weight excluding hydrogens is 382 g/mol. The Morgan fingerprint density at radius 1 is 1.03 bits per heavy atom. The van der Waals surface area contributed by atoms with Gasteiger partial charge in [-0.3, -0.25) is 10.1 Å². The van der Waals surface area contributed by atoms with Crippen LogP contribution in [0.25, 0.3) is 10.9 Å². The summed E-state index contributed by atoms with van der Waals surface area (Å²) in [5.41, 5.74) is 2.48. The van der Waals surface area contributed by atoms with Crippen molar-refractivity contribution in [2.24, 2.45) is 0 Å². The maximum absolute atomic E-state index is 12.6. The maximum atomic E-state index is 12.6. The Labute approximate surface area is 176 Å². The van der Waals surface area contributed by atoms with Gasteiger partial charge in [0.05, 0.1) is 27.4 Å². The summed E-state index contributed by atoms with van der Waals surface area (Å²) in [6.45, 7) is 5.64. The number of methoxy groups -OCH3 is 2. The molecule has 30 heavy (non-hydrogen) atoms. The number of benzene rings is 2. The number of nitrogens with one attached hydrogen (secondary N) is 3. The Balaban J connectivity index is 1.63. The number of fused-ring (bicyclic) bond motifs is 1. The van der Waals surface area contributed by atoms with Crippen molar-refractivity contribution in [3.63, 3.8) is 0 Å². The van der Waals surface area contributed by atoms with E-state index >= 15 is 0 Å². The number of H-pyrrole nitrogens is 1. The first kappa shape index (κ1) is 21.2. The standard InChI is InChI=1S/C23H27N3O4/c1-5-30-17-9-10-18-16(14-17)13-15(2)22(26-18)24-11-12-25-23(27)21-19(28-3)7-6-8-20(21)29-4/h6-10,13-14H,5,11-12H2,1-4H3,(H,24,26)(H,25,27)/p+1. The minimum absolute atomic E-state index is 0.242. The molecule has 1 heterocycles. The van der Waals surface area contributed by atoms with Crippen LogP contribution in [0.4, 0.5) is 5.82 Å². The second kappa shape index (κ2) is 9.82. The molecule has 0 aliphatic rings. The molecule has 0 radical (unpaired) electrons. The molecule has 0 fully saturated rings. The molecule has 3 rings (SSSR count). The predicted octanol–water partition coefficient (Wildman–Crippen LogP) is 3.22. The van der Waals surface area contributed by atoms with E-state index in [1.54, 1.807) is 18.2 Å². The lowest BCUT2D eigenvalue weighted by atomic mass is 10.1. The van der Waals surface area contributed by atoms with Crippen LogP contribution in [0.1, 0.15) is 22.8 Å². The molecule has 3 aromatic rings. The van der Waals surface area contributed by atoms with Crippen molar-refractivity contribution in [1.29, 1.82) is 0 Å². The van der Waals surface area contributed by atoms with E-state index in [2.05, 4.69) is 21.7 Å². The minimum atomic E-state index is -0.242. The summed E-state index contributed by atoms with van der Waals surface area (Å²) in [5.74, 6) is 2.48. The molecular formula is C23H28N3O4+. The number of rotatable bonds is 9. The van der Waals surface area contributed by atoms with Crippen LogP contribution in [-0.2, 0) is 0 Å². The summed E-state index contributed by atoms with van der Waals surface area (Å²) >= 11 is 0. The van der Waals surface area contributed by atoms with Gasteiger partial charge in [0.1, 0.15) is 34.9 Å². The minimum Gasteiger partial charge on any atom is -0.496 e. The molecule has 2 aromatic carbocycles. The fourth-order valence-electron chi connectivity index (χ4n) is 3.28. The van der Waals surface area contributed by atoms with E-state index in [4.69, 9.17) is 14.2 Å². The molecule has 0 atom stereocenters. The fourth-order valence-corrected chi connectivity index (χ4v) is 3.28. The summed E-state index contributed by atoms with van der Waals surface area (Å²) in [6, 6.07) is 13.3. The number of aromatic nitrogens is 1. The number of hydrogen-bond acceptors (Lipinski definition) is 5. The van der Waals surface area contributed by atoms with Crippen molar-refractivity contribution in [1.82, 2.24) is 5.32 Å². The second-order valence-corrected chi connectivity index (χ2v) is 6.73. The van der Waals surface area contributed by atoms with Gasteiger partial charge in [0.15, 0.2) is 0 Å². The Morgan fingerprint density at radius 3 is 2.43 bits per heavy atom. The first-order valence-electron chi connectivity index (χ1n) is 9.90. The maximum Gasteiger partial charge on any atom is 0.275 e. The van der Waals surface area contributed by atoms with Gasteiger partial charge in [-0.1, -0.05) is 6.07 Å². The second-order valence-electron chi connectivity index (χ2n) is 6.73. The van der Waals surface area contributed by atoms with Gasteiger partial charge in [0.25, 0.3) is 11.7 Å². The van der Waals surface area contributed by atoms with Gasteiger partial charge in [-0.15, -0.1) is 0 Å².